The molecular weight excluding hydrogens is 376 g/mol. The summed E-state index contributed by atoms with van der Waals surface area (Å²) in [4.78, 5) is 4.92. The summed E-state index contributed by atoms with van der Waals surface area (Å²) >= 11 is 0. The molecule has 1 aromatic heterocycles. The Balaban J connectivity index is 1.59. The lowest BCUT2D eigenvalue weighted by Gasteiger charge is -2.13. The van der Waals surface area contributed by atoms with E-state index in [4.69, 9.17) is 4.98 Å². The number of nitrogens with zero attached hydrogens (tertiary/aromatic N) is 2. The van der Waals surface area contributed by atoms with Crippen LogP contribution >= 0.6 is 0 Å². The molecule has 0 aliphatic heterocycles. The molecule has 1 heterocycles. The first-order valence-electron chi connectivity index (χ1n) is 11.1. The largest absolute Gasteiger partial charge is 0.287 e. The summed E-state index contributed by atoms with van der Waals surface area (Å²) in [6.45, 7) is 8.84. The standard InChI is InChI=1S/C29H27N2/c1-16-6-8-22-21(11-16)13-20-7-9-23-25(27(20)22)14-26-28(23)30-15-31(5)29(26)24-12-17(2)10-18(3)19(24)4/h6-12,15H,13-14H2,1-5H3/q+1. The summed E-state index contributed by atoms with van der Waals surface area (Å²) in [7, 11) is 2.13. The van der Waals surface area contributed by atoms with E-state index in [-0.39, 0.29) is 0 Å². The summed E-state index contributed by atoms with van der Waals surface area (Å²) in [5.74, 6) is 0. The van der Waals surface area contributed by atoms with Gasteiger partial charge in [0.05, 0.1) is 12.6 Å². The fraction of sp³-hybridized carbons (Fsp3) is 0.241. The van der Waals surface area contributed by atoms with Crippen LogP contribution in [-0.4, -0.2) is 4.98 Å². The fourth-order valence-corrected chi connectivity index (χ4v) is 5.72. The Morgan fingerprint density at radius 2 is 1.55 bits per heavy atom. The number of hydrogen-bond acceptors (Lipinski definition) is 1. The minimum Gasteiger partial charge on any atom is -0.232 e. The van der Waals surface area contributed by atoms with Crippen LogP contribution in [0.25, 0.3) is 33.6 Å². The molecule has 0 unspecified atom stereocenters. The molecule has 0 saturated carbocycles. The molecule has 2 nitrogen and oxygen atoms in total. The number of benzene rings is 3. The third-order valence-corrected chi connectivity index (χ3v) is 7.27. The predicted octanol–water partition coefficient (Wildman–Crippen LogP) is 5.95. The molecular formula is C29H27N2+. The van der Waals surface area contributed by atoms with Crippen LogP contribution in [0.1, 0.15) is 44.5 Å². The first-order valence-corrected chi connectivity index (χ1v) is 11.1. The molecule has 2 aliphatic rings. The second kappa shape index (κ2) is 6.37. The van der Waals surface area contributed by atoms with Crippen molar-refractivity contribution < 1.29 is 4.57 Å². The van der Waals surface area contributed by atoms with Crippen molar-refractivity contribution in [2.75, 3.05) is 0 Å². The van der Waals surface area contributed by atoms with E-state index in [9.17, 15) is 0 Å². The third-order valence-electron chi connectivity index (χ3n) is 7.27. The normalized spacial score (nSPS) is 13.1. The van der Waals surface area contributed by atoms with Crippen molar-refractivity contribution in [3.63, 3.8) is 0 Å². The lowest BCUT2D eigenvalue weighted by molar-refractivity contribution is -0.663. The SMILES string of the molecule is Cc1ccc2c(c1)Cc1ccc3c(c1-2)Cc1c-3nc[n+](C)c1-c1cc(C)cc(C)c1C. The first kappa shape index (κ1) is 18.5. The van der Waals surface area contributed by atoms with E-state index in [2.05, 4.69) is 81.8 Å². The number of rotatable bonds is 1. The Kier molecular flexibility index (Phi) is 3.80. The quantitative estimate of drug-likeness (QED) is 0.310. The van der Waals surface area contributed by atoms with Crippen molar-refractivity contribution in [2.45, 2.75) is 40.5 Å². The molecule has 0 bridgehead atoms. The van der Waals surface area contributed by atoms with E-state index in [0.29, 0.717) is 0 Å². The first-order chi connectivity index (χ1) is 14.9. The van der Waals surface area contributed by atoms with Gasteiger partial charge in [0.2, 0.25) is 0 Å². The van der Waals surface area contributed by atoms with Crippen LogP contribution in [0.3, 0.4) is 0 Å². The molecule has 31 heavy (non-hydrogen) atoms. The number of aromatic nitrogens is 2. The van der Waals surface area contributed by atoms with Crippen molar-refractivity contribution in [3.8, 4) is 33.6 Å². The summed E-state index contributed by atoms with van der Waals surface area (Å²) < 4.78 is 2.21. The van der Waals surface area contributed by atoms with Crippen LogP contribution in [0.2, 0.25) is 0 Å². The van der Waals surface area contributed by atoms with Gasteiger partial charge in [-0.15, -0.1) is 0 Å². The molecule has 2 heteroatoms. The molecule has 0 atom stereocenters. The zero-order valence-electron chi connectivity index (χ0n) is 18.9. The molecule has 2 aliphatic carbocycles. The van der Waals surface area contributed by atoms with Gasteiger partial charge in [-0.05, 0) is 90.2 Å². The van der Waals surface area contributed by atoms with Gasteiger partial charge in [0, 0.05) is 17.5 Å². The summed E-state index contributed by atoms with van der Waals surface area (Å²) in [5, 5.41) is 0. The third kappa shape index (κ3) is 2.57. The number of hydrogen-bond donors (Lipinski definition) is 0. The summed E-state index contributed by atoms with van der Waals surface area (Å²) in [6, 6.07) is 16.2. The Morgan fingerprint density at radius 3 is 2.39 bits per heavy atom. The van der Waals surface area contributed by atoms with Gasteiger partial charge in [-0.25, -0.2) is 4.57 Å². The smallest absolute Gasteiger partial charge is 0.232 e. The van der Waals surface area contributed by atoms with E-state index >= 15 is 0 Å². The number of aryl methyl sites for hydroxylation is 4. The maximum atomic E-state index is 4.92. The van der Waals surface area contributed by atoms with Crippen LogP contribution in [-0.2, 0) is 19.9 Å². The van der Waals surface area contributed by atoms with E-state index in [0.717, 1.165) is 18.5 Å². The maximum absolute atomic E-state index is 4.92. The van der Waals surface area contributed by atoms with Crippen LogP contribution in [0.4, 0.5) is 0 Å². The Labute approximate surface area is 184 Å². The zero-order chi connectivity index (χ0) is 21.4. The zero-order valence-corrected chi connectivity index (χ0v) is 18.9. The Bertz CT molecular complexity index is 1430. The Hall–Kier alpha value is -3.26. The van der Waals surface area contributed by atoms with Crippen LogP contribution < -0.4 is 4.57 Å². The van der Waals surface area contributed by atoms with Crippen LogP contribution in [0.5, 0.6) is 0 Å². The van der Waals surface area contributed by atoms with Gasteiger partial charge in [-0.1, -0.05) is 41.5 Å². The average molecular weight is 404 g/mol. The topological polar surface area (TPSA) is 16.8 Å². The van der Waals surface area contributed by atoms with Gasteiger partial charge >= 0.3 is 0 Å². The van der Waals surface area contributed by atoms with E-state index in [1.54, 1.807) is 0 Å². The monoisotopic (exact) mass is 403 g/mol. The molecule has 0 radical (unpaired) electrons. The van der Waals surface area contributed by atoms with Gasteiger partial charge in [-0.3, -0.25) is 0 Å². The lowest BCUT2D eigenvalue weighted by Crippen LogP contribution is -2.33. The molecule has 0 amide bonds. The highest BCUT2D eigenvalue weighted by atomic mass is 15.0. The van der Waals surface area contributed by atoms with Crippen molar-refractivity contribution in [3.05, 3.63) is 93.3 Å². The van der Waals surface area contributed by atoms with Crippen LogP contribution in [0, 0.1) is 27.7 Å². The Morgan fingerprint density at radius 1 is 0.742 bits per heavy atom. The second-order valence-corrected chi connectivity index (χ2v) is 9.43. The van der Waals surface area contributed by atoms with Gasteiger partial charge in [-0.2, -0.15) is 0 Å². The molecule has 0 fully saturated rings. The molecule has 0 spiro atoms. The van der Waals surface area contributed by atoms with E-state index in [1.807, 2.05) is 6.33 Å². The molecule has 6 rings (SSSR count). The molecule has 3 aromatic carbocycles. The summed E-state index contributed by atoms with van der Waals surface area (Å²) in [6.07, 6.45) is 3.98. The minimum absolute atomic E-state index is 0.949. The highest BCUT2D eigenvalue weighted by Gasteiger charge is 2.35. The molecule has 0 saturated heterocycles. The van der Waals surface area contributed by atoms with E-state index in [1.165, 1.54) is 72.5 Å². The van der Waals surface area contributed by atoms with Gasteiger partial charge in [0.15, 0.2) is 5.69 Å². The maximum Gasteiger partial charge on any atom is 0.287 e. The molecule has 0 N–H and O–H groups in total. The lowest BCUT2D eigenvalue weighted by atomic mass is 9.93. The predicted molar refractivity (Wildman–Crippen MR) is 126 cm³/mol. The fourth-order valence-electron chi connectivity index (χ4n) is 5.72. The minimum atomic E-state index is 0.949. The van der Waals surface area contributed by atoms with Crippen molar-refractivity contribution >= 4 is 0 Å². The van der Waals surface area contributed by atoms with Gasteiger partial charge < -0.3 is 0 Å². The number of fused-ring (bicyclic) bond motifs is 7. The van der Waals surface area contributed by atoms with Gasteiger partial charge in [0.25, 0.3) is 6.33 Å². The van der Waals surface area contributed by atoms with Crippen LogP contribution in [0.15, 0.2) is 48.8 Å². The van der Waals surface area contributed by atoms with Gasteiger partial charge in [0.1, 0.15) is 5.69 Å². The average Bonchev–Trinajstić information content (AvgIpc) is 3.28. The molecule has 4 aromatic rings. The molecule has 152 valence electrons. The van der Waals surface area contributed by atoms with Crippen molar-refractivity contribution in [1.29, 1.82) is 0 Å². The second-order valence-electron chi connectivity index (χ2n) is 9.43. The van der Waals surface area contributed by atoms with Crippen molar-refractivity contribution in [2.24, 2.45) is 7.05 Å². The van der Waals surface area contributed by atoms with Crippen molar-refractivity contribution in [1.82, 2.24) is 4.98 Å². The summed E-state index contributed by atoms with van der Waals surface area (Å²) in [5.41, 5.74) is 19.1. The highest BCUT2D eigenvalue weighted by molar-refractivity contribution is 5.90. The van der Waals surface area contributed by atoms with E-state index < -0.39 is 0 Å². The highest BCUT2D eigenvalue weighted by Crippen LogP contribution is 2.48.